The van der Waals surface area contributed by atoms with Crippen molar-refractivity contribution in [1.29, 1.82) is 0 Å². The molecule has 9 nitrogen and oxygen atoms in total. The van der Waals surface area contributed by atoms with Gasteiger partial charge in [0.05, 0.1) is 6.61 Å². The van der Waals surface area contributed by atoms with Crippen LogP contribution in [0.4, 0.5) is 0 Å². The number of aliphatic carboxylic acids is 1. The number of carbonyl (C=O) groups is 1. The largest absolute Gasteiger partial charge is 0.480 e. The first-order valence-corrected chi connectivity index (χ1v) is 12.8. The maximum absolute atomic E-state index is 10.9. The third-order valence-electron chi connectivity index (χ3n) is 6.76. The molecule has 0 spiro atoms. The Morgan fingerprint density at radius 2 is 1.51 bits per heavy atom. The quantitative estimate of drug-likeness (QED) is 0.221. The number of carboxylic acid groups (broad SMARTS) is 1. The van der Waals surface area contributed by atoms with Gasteiger partial charge in [0.25, 0.3) is 0 Å². The normalized spacial score (nSPS) is 25.3. The van der Waals surface area contributed by atoms with E-state index in [1.807, 2.05) is 48.5 Å². The standard InChI is InChI=1S/C21H26O6.C9H11NO2/c1-2-13-6-8-14(9-7-13)10-15-4-3-5-16(11-15)21(26)20(25)19(24)18(23)17(12-22)27-21;10-8(9(11)12)6-7-4-2-1-3-5-7/h3-9,11,17-20,22-26H,2,10,12H2,1H3;1-5,8H,6,10H2,(H,11,12)/t17-,18-,19+,20-,21-;8-/m10/s1. The highest BCUT2D eigenvalue weighted by atomic mass is 16.7. The molecule has 9 heteroatoms. The zero-order valence-electron chi connectivity index (χ0n) is 21.8. The molecule has 1 fully saturated rings. The Labute approximate surface area is 227 Å². The molecule has 8 N–H and O–H groups in total. The number of aliphatic hydroxyl groups is 5. The highest BCUT2D eigenvalue weighted by molar-refractivity contribution is 5.73. The van der Waals surface area contributed by atoms with Crippen molar-refractivity contribution in [3.05, 3.63) is 107 Å². The maximum Gasteiger partial charge on any atom is 0.320 e. The van der Waals surface area contributed by atoms with Gasteiger partial charge in [-0.15, -0.1) is 0 Å². The second-order valence-corrected chi connectivity index (χ2v) is 9.64. The molecular formula is C30H37NO8. The van der Waals surface area contributed by atoms with Crippen molar-refractivity contribution in [2.45, 2.75) is 62.4 Å². The van der Waals surface area contributed by atoms with Gasteiger partial charge in [-0.3, -0.25) is 4.79 Å². The first-order chi connectivity index (χ1) is 18.6. The summed E-state index contributed by atoms with van der Waals surface area (Å²) in [6.07, 6.45) is -4.13. The number of aliphatic hydroxyl groups excluding tert-OH is 4. The molecule has 1 aliphatic heterocycles. The highest BCUT2D eigenvalue weighted by Crippen LogP contribution is 2.36. The number of ether oxygens (including phenoxy) is 1. The van der Waals surface area contributed by atoms with Crippen molar-refractivity contribution in [3.63, 3.8) is 0 Å². The molecule has 0 saturated carbocycles. The molecule has 0 amide bonds. The average molecular weight is 540 g/mol. The lowest BCUT2D eigenvalue weighted by Gasteiger charge is -2.45. The van der Waals surface area contributed by atoms with Crippen LogP contribution in [-0.4, -0.2) is 73.7 Å². The Kier molecular flexibility index (Phi) is 10.7. The van der Waals surface area contributed by atoms with Crippen LogP contribution >= 0.6 is 0 Å². The van der Waals surface area contributed by atoms with Crippen molar-refractivity contribution in [1.82, 2.24) is 0 Å². The minimum atomic E-state index is -2.23. The summed E-state index contributed by atoms with van der Waals surface area (Å²) in [5.74, 6) is -3.19. The molecule has 0 radical (unpaired) electrons. The first kappa shape index (κ1) is 30.4. The van der Waals surface area contributed by atoms with E-state index in [1.165, 1.54) is 5.56 Å². The Balaban J connectivity index is 0.000000293. The van der Waals surface area contributed by atoms with Crippen LogP contribution in [-0.2, 0) is 34.6 Å². The minimum Gasteiger partial charge on any atom is -0.480 e. The maximum atomic E-state index is 10.9. The van der Waals surface area contributed by atoms with E-state index < -0.39 is 48.8 Å². The molecule has 3 aromatic rings. The summed E-state index contributed by atoms with van der Waals surface area (Å²) < 4.78 is 5.39. The van der Waals surface area contributed by atoms with E-state index in [9.17, 15) is 30.3 Å². The number of benzene rings is 3. The van der Waals surface area contributed by atoms with E-state index >= 15 is 0 Å². The van der Waals surface area contributed by atoms with Gasteiger partial charge in [0.2, 0.25) is 5.79 Å². The molecule has 0 unspecified atom stereocenters. The van der Waals surface area contributed by atoms with Crippen LogP contribution in [0.25, 0.3) is 0 Å². The van der Waals surface area contributed by atoms with Crippen molar-refractivity contribution in [2.24, 2.45) is 5.73 Å². The van der Waals surface area contributed by atoms with Crippen molar-refractivity contribution in [3.8, 4) is 0 Å². The predicted octanol–water partition coefficient (Wildman–Crippen LogP) is 1.10. The van der Waals surface area contributed by atoms with E-state index in [0.29, 0.717) is 12.8 Å². The first-order valence-electron chi connectivity index (χ1n) is 12.8. The minimum absolute atomic E-state index is 0.252. The number of hydrogen-bond acceptors (Lipinski definition) is 8. The molecule has 210 valence electrons. The van der Waals surface area contributed by atoms with Crippen molar-refractivity contribution < 1.29 is 40.2 Å². The van der Waals surface area contributed by atoms with Gasteiger partial charge in [0.1, 0.15) is 30.5 Å². The lowest BCUT2D eigenvalue weighted by atomic mass is 9.87. The Morgan fingerprint density at radius 1 is 0.897 bits per heavy atom. The molecule has 39 heavy (non-hydrogen) atoms. The molecule has 0 aromatic heterocycles. The topological polar surface area (TPSA) is 174 Å². The molecule has 0 bridgehead atoms. The van der Waals surface area contributed by atoms with Crippen molar-refractivity contribution >= 4 is 5.97 Å². The summed E-state index contributed by atoms with van der Waals surface area (Å²) in [7, 11) is 0. The van der Waals surface area contributed by atoms with Gasteiger partial charge in [-0.1, -0.05) is 79.7 Å². The van der Waals surface area contributed by atoms with E-state index in [2.05, 4.69) is 19.1 Å². The zero-order valence-corrected chi connectivity index (χ0v) is 21.8. The zero-order chi connectivity index (χ0) is 28.6. The van der Waals surface area contributed by atoms with Crippen LogP contribution in [0.5, 0.6) is 0 Å². The van der Waals surface area contributed by atoms with E-state index in [1.54, 1.807) is 18.2 Å². The molecule has 4 rings (SSSR count). The summed E-state index contributed by atoms with van der Waals surface area (Å²) in [5.41, 5.74) is 9.80. The monoisotopic (exact) mass is 539 g/mol. The summed E-state index contributed by atoms with van der Waals surface area (Å²) in [5, 5.41) is 59.0. The molecular weight excluding hydrogens is 502 g/mol. The van der Waals surface area contributed by atoms with E-state index in [4.69, 9.17) is 15.6 Å². The fourth-order valence-electron chi connectivity index (χ4n) is 4.38. The van der Waals surface area contributed by atoms with Crippen LogP contribution in [0.2, 0.25) is 0 Å². The number of aryl methyl sites for hydroxylation is 1. The smallest absolute Gasteiger partial charge is 0.320 e. The summed E-state index contributed by atoms with van der Waals surface area (Å²) >= 11 is 0. The summed E-state index contributed by atoms with van der Waals surface area (Å²) in [6, 6.07) is 23.7. The Bertz CT molecular complexity index is 1190. The molecule has 1 saturated heterocycles. The van der Waals surface area contributed by atoms with Crippen LogP contribution in [0.3, 0.4) is 0 Å². The summed E-state index contributed by atoms with van der Waals surface area (Å²) in [6.45, 7) is 1.50. The van der Waals surface area contributed by atoms with Crippen LogP contribution in [0, 0.1) is 0 Å². The van der Waals surface area contributed by atoms with Gasteiger partial charge in [0, 0.05) is 5.56 Å². The second-order valence-electron chi connectivity index (χ2n) is 9.64. The van der Waals surface area contributed by atoms with E-state index in [0.717, 1.165) is 23.1 Å². The highest BCUT2D eigenvalue weighted by Gasteiger charge is 2.53. The summed E-state index contributed by atoms with van der Waals surface area (Å²) in [4.78, 5) is 10.4. The molecule has 6 atom stereocenters. The van der Waals surface area contributed by atoms with Crippen molar-refractivity contribution in [2.75, 3.05) is 6.61 Å². The average Bonchev–Trinajstić information content (AvgIpc) is 2.95. The Hall–Kier alpha value is -3.15. The predicted molar refractivity (Wildman–Crippen MR) is 145 cm³/mol. The Morgan fingerprint density at radius 3 is 2.10 bits per heavy atom. The molecule has 1 aliphatic rings. The fourth-order valence-corrected chi connectivity index (χ4v) is 4.38. The third-order valence-corrected chi connectivity index (χ3v) is 6.76. The molecule has 1 heterocycles. The van der Waals surface area contributed by atoms with Gasteiger partial charge >= 0.3 is 5.97 Å². The molecule has 3 aromatic carbocycles. The third kappa shape index (κ3) is 7.71. The number of nitrogens with two attached hydrogens (primary N) is 1. The number of hydrogen-bond donors (Lipinski definition) is 7. The lowest BCUT2D eigenvalue weighted by Crippen LogP contribution is -2.63. The second kappa shape index (κ2) is 13.8. The van der Waals surface area contributed by atoms with Gasteiger partial charge in [-0.05, 0) is 47.6 Å². The van der Waals surface area contributed by atoms with Crippen LogP contribution < -0.4 is 5.73 Å². The number of rotatable bonds is 8. The molecule has 0 aliphatic carbocycles. The van der Waals surface area contributed by atoms with Crippen LogP contribution in [0.1, 0.15) is 34.7 Å². The lowest BCUT2D eigenvalue weighted by molar-refractivity contribution is -0.357. The van der Waals surface area contributed by atoms with Gasteiger partial charge in [-0.2, -0.15) is 0 Å². The van der Waals surface area contributed by atoms with Gasteiger partial charge in [-0.25, -0.2) is 0 Å². The van der Waals surface area contributed by atoms with Gasteiger partial charge in [0.15, 0.2) is 0 Å². The SMILES string of the molecule is CCc1ccc(Cc2cccc([C@@]3(O)O[C@H](CO)[C@@H](O)[C@H](O)[C@H]3O)c2)cc1.N[C@@H](Cc1ccccc1)C(=O)O. The fraction of sp³-hybridized carbons (Fsp3) is 0.367. The van der Waals surface area contributed by atoms with Crippen LogP contribution in [0.15, 0.2) is 78.9 Å². The van der Waals surface area contributed by atoms with Gasteiger partial charge < -0.3 is 41.1 Å². The van der Waals surface area contributed by atoms with E-state index in [-0.39, 0.29) is 5.56 Å². The number of carboxylic acids is 1.